The van der Waals surface area contributed by atoms with Crippen LogP contribution in [0.3, 0.4) is 0 Å². The molecule has 0 bridgehead atoms. The van der Waals surface area contributed by atoms with Crippen LogP contribution in [-0.2, 0) is 12.8 Å². The maximum Gasteiger partial charge on any atom is 0.237 e. The van der Waals surface area contributed by atoms with Gasteiger partial charge in [-0.2, -0.15) is 0 Å². The summed E-state index contributed by atoms with van der Waals surface area (Å²) >= 11 is 1.59. The van der Waals surface area contributed by atoms with E-state index in [2.05, 4.69) is 53.3 Å². The average molecular weight is 612 g/mol. The van der Waals surface area contributed by atoms with Gasteiger partial charge in [0.2, 0.25) is 11.8 Å². The van der Waals surface area contributed by atoms with E-state index in [1.807, 2.05) is 37.5 Å². The minimum Gasteiger partial charge on any atom is -0.435 e. The smallest absolute Gasteiger partial charge is 0.237 e. The van der Waals surface area contributed by atoms with Crippen LogP contribution in [0.1, 0.15) is 76.3 Å². The molecule has 0 fully saturated rings. The zero-order valence-corrected chi connectivity index (χ0v) is 27.0. The van der Waals surface area contributed by atoms with Gasteiger partial charge in [-0.05, 0) is 93.1 Å². The molecule has 3 heterocycles. The van der Waals surface area contributed by atoms with E-state index < -0.39 is 0 Å². The summed E-state index contributed by atoms with van der Waals surface area (Å²) in [5.41, 5.74) is 11.5. The number of benzene rings is 2. The second kappa shape index (κ2) is 16.4. The number of hydrogen-bond acceptors (Lipinski definition) is 7. The Morgan fingerprint density at radius 3 is 2.02 bits per heavy atom. The molecule has 0 aliphatic carbocycles. The van der Waals surface area contributed by atoms with Crippen LogP contribution >= 0.6 is 11.3 Å². The fourth-order valence-electron chi connectivity index (χ4n) is 5.32. The molecule has 5 aromatic rings. The van der Waals surface area contributed by atoms with E-state index in [1.54, 1.807) is 11.3 Å². The summed E-state index contributed by atoms with van der Waals surface area (Å²) in [6.45, 7) is 6.60. The van der Waals surface area contributed by atoms with E-state index in [1.165, 1.54) is 49.7 Å². The summed E-state index contributed by atoms with van der Waals surface area (Å²) in [5, 5.41) is 0. The Bertz CT molecular complexity index is 1660. The first-order valence-electron chi connectivity index (χ1n) is 16.1. The van der Waals surface area contributed by atoms with Gasteiger partial charge in [0, 0.05) is 19.3 Å². The van der Waals surface area contributed by atoms with Crippen molar-refractivity contribution in [2.45, 2.75) is 78.1 Å². The lowest BCUT2D eigenvalue weighted by Gasteiger charge is -2.14. The minimum atomic E-state index is 0.624. The molecule has 44 heavy (non-hydrogen) atoms. The highest BCUT2D eigenvalue weighted by atomic mass is 32.1. The Hall–Kier alpha value is -3.75. The molecular weight excluding hydrogens is 566 g/mol. The van der Waals surface area contributed by atoms with Crippen LogP contribution in [0.15, 0.2) is 74.6 Å². The summed E-state index contributed by atoms with van der Waals surface area (Å²) in [6, 6.07) is 16.8. The van der Waals surface area contributed by atoms with Crippen molar-refractivity contribution in [2.24, 2.45) is 10.7 Å². The van der Waals surface area contributed by atoms with Gasteiger partial charge >= 0.3 is 0 Å². The molecule has 0 saturated heterocycles. The number of hydrogen-bond donors (Lipinski definition) is 1. The minimum absolute atomic E-state index is 0.624. The Kier molecular flexibility index (Phi) is 11.8. The molecule has 7 nitrogen and oxygen atoms in total. The fraction of sp³-hybridized carbons (Fsp3) is 0.417. The number of nitrogens with two attached hydrogens (primary N) is 1. The lowest BCUT2D eigenvalue weighted by Crippen LogP contribution is -2.17. The fourth-order valence-corrected chi connectivity index (χ4v) is 6.18. The van der Waals surface area contributed by atoms with Crippen LogP contribution < -0.4 is 5.73 Å². The number of fused-ring (bicyclic) bond motifs is 2. The Morgan fingerprint density at radius 2 is 1.41 bits per heavy atom. The predicted molar refractivity (Wildman–Crippen MR) is 184 cm³/mol. The Morgan fingerprint density at radius 1 is 0.795 bits per heavy atom. The number of oxazole rings is 2. The van der Waals surface area contributed by atoms with Crippen LogP contribution in [0.2, 0.25) is 0 Å². The summed E-state index contributed by atoms with van der Waals surface area (Å²) < 4.78 is 12.3. The molecule has 0 atom stereocenters. The SMILES string of the molecule is C/C=C\N(/C=N/CCCN)CCCc1ccc2oc(-c3ccc(-c4nc5cc(CCCCCCCC)ccc5o4)s3)nc2c1. The van der Waals surface area contributed by atoms with Crippen molar-refractivity contribution >= 4 is 39.9 Å². The molecule has 0 saturated carbocycles. The van der Waals surface area contributed by atoms with E-state index in [4.69, 9.17) is 24.5 Å². The molecule has 0 radical (unpaired) electrons. The molecule has 2 N–H and O–H groups in total. The standard InChI is InChI=1S/C36H45N5O2S/c1-3-5-6-7-8-9-12-27-14-16-31-29(24-27)39-35(42-31)33-18-19-34(44-33)36-40-30-25-28(15-17-32(30)43-36)13-10-23-41(22-4-2)26-38-21-11-20-37/h4,14-19,22,24-26H,3,5-13,20-21,23,37H2,1-2H3/b22-4-,38-26+. The van der Waals surface area contributed by atoms with Gasteiger partial charge in [0.05, 0.1) is 16.1 Å². The van der Waals surface area contributed by atoms with Gasteiger partial charge in [-0.15, -0.1) is 11.3 Å². The van der Waals surface area contributed by atoms with Crippen LogP contribution in [0, 0.1) is 0 Å². The third kappa shape index (κ3) is 8.67. The van der Waals surface area contributed by atoms with E-state index in [0.29, 0.717) is 18.3 Å². The highest BCUT2D eigenvalue weighted by molar-refractivity contribution is 7.18. The van der Waals surface area contributed by atoms with Crippen molar-refractivity contribution in [2.75, 3.05) is 19.6 Å². The molecule has 2 aromatic carbocycles. The molecule has 232 valence electrons. The van der Waals surface area contributed by atoms with Gasteiger partial charge in [-0.3, -0.25) is 4.99 Å². The maximum atomic E-state index is 6.14. The zero-order valence-electron chi connectivity index (χ0n) is 26.1. The summed E-state index contributed by atoms with van der Waals surface area (Å²) in [4.78, 5) is 18.2. The predicted octanol–water partition coefficient (Wildman–Crippen LogP) is 9.41. The molecule has 8 heteroatoms. The van der Waals surface area contributed by atoms with E-state index in [9.17, 15) is 0 Å². The molecule has 0 amide bonds. The number of nitrogens with zero attached hydrogens (tertiary/aromatic N) is 4. The van der Waals surface area contributed by atoms with Crippen LogP contribution in [0.5, 0.6) is 0 Å². The first-order valence-corrected chi connectivity index (χ1v) is 17.0. The topological polar surface area (TPSA) is 93.7 Å². The largest absolute Gasteiger partial charge is 0.435 e. The van der Waals surface area contributed by atoms with Crippen molar-refractivity contribution in [3.8, 4) is 21.5 Å². The number of aromatic nitrogens is 2. The number of unbranched alkanes of at least 4 members (excludes halogenated alkanes) is 5. The van der Waals surface area contributed by atoms with Crippen LogP contribution in [0.25, 0.3) is 43.7 Å². The number of thiophene rings is 1. The number of aryl methyl sites for hydroxylation is 2. The van der Waals surface area contributed by atoms with E-state index in [0.717, 1.165) is 70.7 Å². The van der Waals surface area contributed by atoms with Crippen LogP contribution in [0.4, 0.5) is 0 Å². The third-order valence-electron chi connectivity index (χ3n) is 7.69. The quantitative estimate of drug-likeness (QED) is 0.0603. The van der Waals surface area contributed by atoms with E-state index in [-0.39, 0.29) is 0 Å². The second-order valence-corrected chi connectivity index (χ2v) is 12.4. The molecule has 0 spiro atoms. The van der Waals surface area contributed by atoms with Gasteiger partial charge in [0.15, 0.2) is 11.2 Å². The number of rotatable bonds is 18. The Labute approximate surface area is 264 Å². The van der Waals surface area contributed by atoms with Crippen molar-refractivity contribution in [1.29, 1.82) is 0 Å². The zero-order chi connectivity index (χ0) is 30.6. The van der Waals surface area contributed by atoms with Gasteiger partial charge in [-0.1, -0.05) is 57.2 Å². The normalized spacial score (nSPS) is 12.1. The first-order chi connectivity index (χ1) is 21.7. The van der Waals surface area contributed by atoms with Crippen molar-refractivity contribution in [3.63, 3.8) is 0 Å². The van der Waals surface area contributed by atoms with E-state index >= 15 is 0 Å². The maximum absolute atomic E-state index is 6.14. The molecule has 0 aliphatic rings. The monoisotopic (exact) mass is 611 g/mol. The number of aliphatic imine (C=N–C) groups is 1. The van der Waals surface area contributed by atoms with Crippen LogP contribution in [-0.4, -0.2) is 40.8 Å². The summed E-state index contributed by atoms with van der Waals surface area (Å²) in [6.07, 6.45) is 17.8. The molecular formula is C36H45N5O2S. The van der Waals surface area contributed by atoms with Gasteiger partial charge in [-0.25, -0.2) is 9.97 Å². The molecule has 0 aliphatic heterocycles. The number of allylic oxidation sites excluding steroid dienone is 1. The average Bonchev–Trinajstić information content (AvgIpc) is 3.78. The van der Waals surface area contributed by atoms with Gasteiger partial charge < -0.3 is 19.5 Å². The van der Waals surface area contributed by atoms with Crippen molar-refractivity contribution < 1.29 is 8.83 Å². The lowest BCUT2D eigenvalue weighted by atomic mass is 10.0. The molecule has 3 aromatic heterocycles. The lowest BCUT2D eigenvalue weighted by molar-refractivity contribution is 0.542. The third-order valence-corrected chi connectivity index (χ3v) is 8.76. The van der Waals surface area contributed by atoms with Gasteiger partial charge in [0.25, 0.3) is 0 Å². The summed E-state index contributed by atoms with van der Waals surface area (Å²) in [5.74, 6) is 1.27. The van der Waals surface area contributed by atoms with Gasteiger partial charge in [0.1, 0.15) is 11.0 Å². The van der Waals surface area contributed by atoms with Crippen molar-refractivity contribution in [3.05, 3.63) is 71.9 Å². The molecule has 0 unspecified atom stereocenters. The Balaban J connectivity index is 1.19. The highest BCUT2D eigenvalue weighted by Gasteiger charge is 2.16. The molecule has 5 rings (SSSR count). The van der Waals surface area contributed by atoms with Crippen molar-refractivity contribution in [1.82, 2.24) is 14.9 Å². The highest BCUT2D eigenvalue weighted by Crippen LogP contribution is 2.36. The summed E-state index contributed by atoms with van der Waals surface area (Å²) in [7, 11) is 0. The second-order valence-electron chi connectivity index (χ2n) is 11.3. The first kappa shape index (κ1) is 31.7.